The van der Waals surface area contributed by atoms with Gasteiger partial charge in [-0.1, -0.05) is 141 Å². The summed E-state index contributed by atoms with van der Waals surface area (Å²) < 4.78 is -0.208. The Bertz CT molecular complexity index is 764. The van der Waals surface area contributed by atoms with Gasteiger partial charge in [-0.2, -0.15) is 0 Å². The highest BCUT2D eigenvalue weighted by atomic mass is 16.2. The lowest BCUT2D eigenvalue weighted by Gasteiger charge is -2.37. The number of ketones is 2. The van der Waals surface area contributed by atoms with Crippen LogP contribution in [0.3, 0.4) is 0 Å². The van der Waals surface area contributed by atoms with E-state index in [2.05, 4.69) is 38.2 Å². The quantitative estimate of drug-likeness (QED) is 0.0221. The normalized spacial score (nSPS) is 13.4. The van der Waals surface area contributed by atoms with E-state index >= 15 is 0 Å². The molecule has 0 rings (SSSR count). The summed E-state index contributed by atoms with van der Waals surface area (Å²) in [6, 6.07) is -1.97. The van der Waals surface area contributed by atoms with E-state index in [1.54, 1.807) is 14.1 Å². The van der Waals surface area contributed by atoms with Gasteiger partial charge in [0.1, 0.15) is 0 Å². The zero-order valence-electron chi connectivity index (χ0n) is 31.5. The van der Waals surface area contributed by atoms with Gasteiger partial charge in [-0.05, 0) is 64.2 Å². The first-order chi connectivity index (χ1) is 22.9. The minimum Gasteiger partial charge on any atom is -0.299 e. The number of likely N-dealkylation sites (N-methyl/N-ethyl adjacent to an activating group) is 1. The number of nitrogens with zero attached hydrogens (tertiary/aromatic N) is 1. The number of allylic oxidation sites excluding steroid dienone is 4. The molecular weight excluding hydrogens is 582 g/mol. The Hall–Kier alpha value is -1.88. The summed E-state index contributed by atoms with van der Waals surface area (Å²) in [6.07, 6.45) is 42.1. The molecule has 0 heterocycles. The molecule has 2 unspecified atom stereocenters. The SMILES string of the molecule is CCCCCCCC/C=C\CCCCCCCC(=O)C(C=O)[N+](C)(C)C(C=O)C(=O)CCCCCCC/C=C\CCCCCCCC. The molecule has 0 radical (unpaired) electrons. The molecule has 0 saturated carbocycles. The summed E-state index contributed by atoms with van der Waals surface area (Å²) in [4.78, 5) is 50.1. The Labute approximate surface area is 291 Å². The Morgan fingerprint density at radius 1 is 0.426 bits per heavy atom. The zero-order chi connectivity index (χ0) is 34.9. The molecule has 272 valence electrons. The number of quaternary nitrogens is 1. The highest BCUT2D eigenvalue weighted by Gasteiger charge is 2.43. The third kappa shape index (κ3) is 24.9. The fourth-order valence-electron chi connectivity index (χ4n) is 6.42. The van der Waals surface area contributed by atoms with E-state index in [0.29, 0.717) is 25.4 Å². The van der Waals surface area contributed by atoms with Crippen molar-refractivity contribution in [2.24, 2.45) is 0 Å². The number of rotatable bonds is 36. The van der Waals surface area contributed by atoms with Gasteiger partial charge in [0.15, 0.2) is 24.1 Å². The monoisotopic (exact) mass is 659 g/mol. The first-order valence-electron chi connectivity index (χ1n) is 20.0. The Morgan fingerprint density at radius 3 is 0.957 bits per heavy atom. The van der Waals surface area contributed by atoms with Crippen LogP contribution in [0.15, 0.2) is 24.3 Å². The molecule has 0 bridgehead atoms. The van der Waals surface area contributed by atoms with Gasteiger partial charge in [0.25, 0.3) is 0 Å². The van der Waals surface area contributed by atoms with E-state index in [1.165, 1.54) is 103 Å². The first kappa shape index (κ1) is 45.1. The van der Waals surface area contributed by atoms with E-state index in [4.69, 9.17) is 0 Å². The van der Waals surface area contributed by atoms with Gasteiger partial charge in [0.2, 0.25) is 12.1 Å². The van der Waals surface area contributed by atoms with E-state index in [-0.39, 0.29) is 16.0 Å². The summed E-state index contributed by atoms with van der Waals surface area (Å²) in [5.41, 5.74) is 0. The average molecular weight is 659 g/mol. The number of carbonyl (C=O) groups is 4. The highest BCUT2D eigenvalue weighted by Crippen LogP contribution is 2.19. The number of Topliss-reactive ketones (excluding diaryl/α,β-unsaturated/α-hetero) is 2. The maximum Gasteiger partial charge on any atom is 0.204 e. The van der Waals surface area contributed by atoms with Crippen LogP contribution in [-0.2, 0) is 19.2 Å². The number of hydrogen-bond acceptors (Lipinski definition) is 4. The molecule has 2 atom stereocenters. The summed E-state index contributed by atoms with van der Waals surface area (Å²) in [5.74, 6) is -0.327. The van der Waals surface area contributed by atoms with Crippen molar-refractivity contribution < 1.29 is 23.7 Å². The van der Waals surface area contributed by atoms with Gasteiger partial charge < -0.3 is 0 Å². The van der Waals surface area contributed by atoms with Crippen molar-refractivity contribution in [3.8, 4) is 0 Å². The summed E-state index contributed by atoms with van der Waals surface area (Å²) in [5, 5.41) is 0. The predicted octanol–water partition coefficient (Wildman–Crippen LogP) is 11.4. The second kappa shape index (κ2) is 32.7. The van der Waals surface area contributed by atoms with Crippen LogP contribution in [0.25, 0.3) is 0 Å². The van der Waals surface area contributed by atoms with Crippen molar-refractivity contribution in [1.82, 2.24) is 0 Å². The molecule has 0 aliphatic carbocycles. The lowest BCUT2D eigenvalue weighted by atomic mass is 9.97. The van der Waals surface area contributed by atoms with E-state index in [9.17, 15) is 19.2 Å². The highest BCUT2D eigenvalue weighted by molar-refractivity contribution is 5.99. The third-order valence-electron chi connectivity index (χ3n) is 9.72. The molecule has 5 heteroatoms. The fourth-order valence-corrected chi connectivity index (χ4v) is 6.42. The molecule has 0 saturated heterocycles. The molecule has 0 N–H and O–H groups in total. The van der Waals surface area contributed by atoms with Crippen LogP contribution in [0.4, 0.5) is 0 Å². The van der Waals surface area contributed by atoms with Crippen molar-refractivity contribution in [1.29, 1.82) is 0 Å². The van der Waals surface area contributed by atoms with Crippen LogP contribution < -0.4 is 0 Å². The molecule has 0 aromatic rings. The van der Waals surface area contributed by atoms with Crippen LogP contribution in [0.5, 0.6) is 0 Å². The van der Waals surface area contributed by atoms with Crippen molar-refractivity contribution in [2.45, 2.75) is 206 Å². The van der Waals surface area contributed by atoms with Gasteiger partial charge >= 0.3 is 0 Å². The summed E-state index contributed by atoms with van der Waals surface area (Å²) in [6.45, 7) is 4.51. The minimum absolute atomic E-state index is 0.164. The molecule has 47 heavy (non-hydrogen) atoms. The molecule has 0 spiro atoms. The van der Waals surface area contributed by atoms with Gasteiger partial charge in [-0.15, -0.1) is 0 Å². The van der Waals surface area contributed by atoms with E-state index in [0.717, 1.165) is 64.2 Å². The second-order valence-corrected chi connectivity index (χ2v) is 14.4. The molecular formula is C42H76NO4+. The summed E-state index contributed by atoms with van der Waals surface area (Å²) >= 11 is 0. The largest absolute Gasteiger partial charge is 0.299 e. The van der Waals surface area contributed by atoms with Crippen LogP contribution in [0, 0.1) is 0 Å². The van der Waals surface area contributed by atoms with Crippen LogP contribution in [0.1, 0.15) is 194 Å². The topological polar surface area (TPSA) is 68.3 Å². The zero-order valence-corrected chi connectivity index (χ0v) is 31.5. The molecule has 0 aliphatic heterocycles. The van der Waals surface area contributed by atoms with Gasteiger partial charge in [-0.3, -0.25) is 23.7 Å². The van der Waals surface area contributed by atoms with Crippen molar-refractivity contribution in [3.05, 3.63) is 24.3 Å². The standard InChI is InChI=1S/C42H76NO4/c1-5-7-9-11-13-15-17-19-21-23-25-27-29-31-33-35-41(46)39(37-44)43(3,4)40(38-45)42(47)36-34-32-30-28-26-24-22-20-18-16-14-12-10-8-6-2/h19-22,37-40H,5-18,23-36H2,1-4H3/q+1/b21-19-,22-20-. The van der Waals surface area contributed by atoms with Crippen LogP contribution in [0.2, 0.25) is 0 Å². The lowest BCUT2D eigenvalue weighted by Crippen LogP contribution is -2.62. The van der Waals surface area contributed by atoms with Crippen molar-refractivity contribution >= 4 is 24.1 Å². The number of aldehydes is 2. The number of hydrogen-bond donors (Lipinski definition) is 0. The Kier molecular flexibility index (Phi) is 31.4. The minimum atomic E-state index is -0.986. The smallest absolute Gasteiger partial charge is 0.204 e. The van der Waals surface area contributed by atoms with Crippen LogP contribution in [-0.4, -0.2) is 54.8 Å². The second-order valence-electron chi connectivity index (χ2n) is 14.4. The third-order valence-corrected chi connectivity index (χ3v) is 9.72. The van der Waals surface area contributed by atoms with Gasteiger partial charge in [0.05, 0.1) is 14.1 Å². The Balaban J connectivity index is 4.14. The maximum atomic E-state index is 13.0. The fraction of sp³-hybridized carbons (Fsp3) is 0.810. The van der Waals surface area contributed by atoms with Gasteiger partial charge in [-0.25, -0.2) is 0 Å². The maximum absolute atomic E-state index is 13.0. The van der Waals surface area contributed by atoms with Gasteiger partial charge in [0, 0.05) is 12.8 Å². The van der Waals surface area contributed by atoms with Crippen molar-refractivity contribution in [3.63, 3.8) is 0 Å². The molecule has 0 aromatic heterocycles. The molecule has 0 amide bonds. The predicted molar refractivity (Wildman–Crippen MR) is 201 cm³/mol. The Morgan fingerprint density at radius 2 is 0.681 bits per heavy atom. The number of carbonyl (C=O) groups excluding carboxylic acids is 4. The molecule has 0 aromatic carbocycles. The molecule has 0 aliphatic rings. The van der Waals surface area contributed by atoms with Crippen LogP contribution >= 0.6 is 0 Å². The lowest BCUT2D eigenvalue weighted by molar-refractivity contribution is -0.902. The molecule has 0 fully saturated rings. The van der Waals surface area contributed by atoms with E-state index < -0.39 is 12.1 Å². The number of unbranched alkanes of at least 4 members (excludes halogenated alkanes) is 22. The van der Waals surface area contributed by atoms with E-state index in [1.807, 2.05) is 0 Å². The van der Waals surface area contributed by atoms with Crippen molar-refractivity contribution in [2.75, 3.05) is 14.1 Å². The molecule has 5 nitrogen and oxygen atoms in total. The summed E-state index contributed by atoms with van der Waals surface area (Å²) in [7, 11) is 3.35. The average Bonchev–Trinajstić information content (AvgIpc) is 3.05. The first-order valence-corrected chi connectivity index (χ1v) is 20.0.